The van der Waals surface area contributed by atoms with E-state index in [2.05, 4.69) is 19.2 Å². The zero-order valence-corrected chi connectivity index (χ0v) is 15.9. The summed E-state index contributed by atoms with van der Waals surface area (Å²) >= 11 is 0. The quantitative estimate of drug-likeness (QED) is 0.841. The van der Waals surface area contributed by atoms with Gasteiger partial charge in [0, 0.05) is 12.7 Å². The van der Waals surface area contributed by atoms with E-state index in [-0.39, 0.29) is 11.8 Å². The van der Waals surface area contributed by atoms with Crippen molar-refractivity contribution >= 4 is 23.1 Å². The molecule has 4 nitrogen and oxygen atoms in total. The summed E-state index contributed by atoms with van der Waals surface area (Å²) in [7, 11) is 1.52. The summed E-state index contributed by atoms with van der Waals surface area (Å²) in [6, 6.07) is 13.8. The number of nitrogens with one attached hydrogen (secondary N) is 1. The van der Waals surface area contributed by atoms with Crippen molar-refractivity contribution in [3.63, 3.8) is 0 Å². The molecular formula is C22H24N2O2. The average molecular weight is 348 g/mol. The maximum absolute atomic E-state index is 12.7. The molecule has 0 saturated heterocycles. The number of carbonyl (C=O) groups excluding carboxylic acids is 2. The van der Waals surface area contributed by atoms with Gasteiger partial charge in [0.15, 0.2) is 0 Å². The predicted molar refractivity (Wildman–Crippen MR) is 105 cm³/mol. The highest BCUT2D eigenvalue weighted by Crippen LogP contribution is 2.32. The first-order valence-electron chi connectivity index (χ1n) is 8.81. The molecule has 2 amide bonds. The Morgan fingerprint density at radius 1 is 0.923 bits per heavy atom. The van der Waals surface area contributed by atoms with Crippen LogP contribution in [0, 0.1) is 13.8 Å². The third-order valence-corrected chi connectivity index (χ3v) is 4.78. The molecular weight excluding hydrogens is 324 g/mol. The van der Waals surface area contributed by atoms with Crippen LogP contribution in [0.5, 0.6) is 0 Å². The van der Waals surface area contributed by atoms with Crippen molar-refractivity contribution in [3.8, 4) is 0 Å². The van der Waals surface area contributed by atoms with E-state index >= 15 is 0 Å². The van der Waals surface area contributed by atoms with Gasteiger partial charge in [-0.2, -0.15) is 0 Å². The zero-order valence-electron chi connectivity index (χ0n) is 15.9. The molecule has 0 spiro atoms. The van der Waals surface area contributed by atoms with Gasteiger partial charge in [0.05, 0.1) is 5.57 Å². The topological polar surface area (TPSA) is 49.4 Å². The fourth-order valence-corrected chi connectivity index (χ4v) is 3.20. The number of nitrogens with zero attached hydrogens (tertiary/aromatic N) is 1. The van der Waals surface area contributed by atoms with Crippen molar-refractivity contribution in [2.24, 2.45) is 0 Å². The Labute approximate surface area is 154 Å². The van der Waals surface area contributed by atoms with Crippen LogP contribution in [-0.4, -0.2) is 23.8 Å². The minimum absolute atomic E-state index is 0.275. The first-order valence-corrected chi connectivity index (χ1v) is 8.81. The Hall–Kier alpha value is -2.88. The normalized spacial score (nSPS) is 14.6. The number of anilines is 1. The van der Waals surface area contributed by atoms with Gasteiger partial charge in [-0.05, 0) is 48.6 Å². The number of likely N-dealkylation sites (N-methyl/N-ethyl adjacent to an activating group) is 1. The molecule has 0 aliphatic carbocycles. The molecule has 0 aromatic heterocycles. The summed E-state index contributed by atoms with van der Waals surface area (Å²) in [5, 5.41) is 3.18. The second-order valence-corrected chi connectivity index (χ2v) is 7.14. The average Bonchev–Trinajstić information content (AvgIpc) is 2.80. The van der Waals surface area contributed by atoms with Crippen molar-refractivity contribution in [1.29, 1.82) is 0 Å². The highest BCUT2D eigenvalue weighted by atomic mass is 16.2. The van der Waals surface area contributed by atoms with Crippen molar-refractivity contribution in [2.75, 3.05) is 12.4 Å². The van der Waals surface area contributed by atoms with Crippen molar-refractivity contribution in [1.82, 2.24) is 4.90 Å². The summed E-state index contributed by atoms with van der Waals surface area (Å²) in [6.07, 6.45) is 0. The maximum atomic E-state index is 12.7. The summed E-state index contributed by atoms with van der Waals surface area (Å²) in [5.74, 6) is -0.143. The van der Waals surface area contributed by atoms with E-state index in [9.17, 15) is 9.59 Å². The third kappa shape index (κ3) is 3.15. The van der Waals surface area contributed by atoms with Crippen LogP contribution in [0.15, 0.2) is 48.2 Å². The van der Waals surface area contributed by atoms with Gasteiger partial charge in [0.25, 0.3) is 11.8 Å². The number of rotatable bonds is 4. The van der Waals surface area contributed by atoms with E-state index in [0.717, 1.165) is 22.4 Å². The molecule has 134 valence electrons. The molecule has 1 aliphatic rings. The largest absolute Gasteiger partial charge is 0.350 e. The van der Waals surface area contributed by atoms with Crippen LogP contribution < -0.4 is 5.32 Å². The molecule has 0 fully saturated rings. The number of amides is 2. The highest BCUT2D eigenvalue weighted by molar-refractivity contribution is 6.36. The van der Waals surface area contributed by atoms with Gasteiger partial charge in [-0.15, -0.1) is 0 Å². The molecule has 2 aromatic carbocycles. The third-order valence-electron chi connectivity index (χ3n) is 4.78. The van der Waals surface area contributed by atoms with Crippen LogP contribution >= 0.6 is 0 Å². The molecule has 2 aromatic rings. The molecule has 0 radical (unpaired) electrons. The second kappa shape index (κ2) is 6.79. The van der Waals surface area contributed by atoms with Crippen molar-refractivity contribution in [3.05, 3.63) is 70.4 Å². The molecule has 3 rings (SSSR count). The summed E-state index contributed by atoms with van der Waals surface area (Å²) in [4.78, 5) is 26.5. The molecule has 1 aliphatic heterocycles. The number of aryl methyl sites for hydroxylation is 2. The van der Waals surface area contributed by atoms with Gasteiger partial charge in [-0.1, -0.05) is 49.7 Å². The number of imide groups is 1. The first-order chi connectivity index (χ1) is 12.3. The molecule has 0 saturated carbocycles. The monoisotopic (exact) mass is 348 g/mol. The minimum Gasteiger partial charge on any atom is -0.350 e. The van der Waals surface area contributed by atoms with Crippen molar-refractivity contribution < 1.29 is 9.59 Å². The Morgan fingerprint density at radius 3 is 2.15 bits per heavy atom. The molecule has 26 heavy (non-hydrogen) atoms. The van der Waals surface area contributed by atoms with E-state index in [1.165, 1.54) is 17.5 Å². The molecule has 0 bridgehead atoms. The first kappa shape index (κ1) is 17.9. The lowest BCUT2D eigenvalue weighted by Gasteiger charge is -2.11. The Balaban J connectivity index is 2.05. The van der Waals surface area contributed by atoms with Crippen LogP contribution in [0.2, 0.25) is 0 Å². The second-order valence-electron chi connectivity index (χ2n) is 7.14. The number of hydrogen-bond donors (Lipinski definition) is 1. The van der Waals surface area contributed by atoms with Crippen LogP contribution in [0.1, 0.15) is 42.0 Å². The maximum Gasteiger partial charge on any atom is 0.277 e. The molecule has 0 unspecified atom stereocenters. The fraction of sp³-hybridized carbons (Fsp3) is 0.273. The number of carbonyl (C=O) groups is 2. The highest BCUT2D eigenvalue weighted by Gasteiger charge is 2.37. The molecule has 4 heteroatoms. The van der Waals surface area contributed by atoms with Gasteiger partial charge in [-0.3, -0.25) is 14.5 Å². The van der Waals surface area contributed by atoms with E-state index in [0.29, 0.717) is 17.2 Å². The standard InChI is InChI=1S/C22H24N2O2/c1-13(2)16-7-9-17(10-8-16)23-20-19(21(25)24(5)22(20)26)18-11-6-14(3)12-15(18)4/h6-13,23H,1-5H3. The van der Waals surface area contributed by atoms with Crippen LogP contribution in [0.3, 0.4) is 0 Å². The lowest BCUT2D eigenvalue weighted by molar-refractivity contribution is -0.135. The molecule has 0 atom stereocenters. The summed E-state index contributed by atoms with van der Waals surface area (Å²) in [6.45, 7) is 8.24. The van der Waals surface area contributed by atoms with Crippen LogP contribution in [0.4, 0.5) is 5.69 Å². The Morgan fingerprint density at radius 2 is 1.58 bits per heavy atom. The Bertz CT molecular complexity index is 908. The molecule has 1 heterocycles. The van der Waals surface area contributed by atoms with Crippen LogP contribution in [0.25, 0.3) is 5.57 Å². The number of benzene rings is 2. The zero-order chi connectivity index (χ0) is 19.0. The van der Waals surface area contributed by atoms with Gasteiger partial charge >= 0.3 is 0 Å². The molecule has 1 N–H and O–H groups in total. The lowest BCUT2D eigenvalue weighted by Crippen LogP contribution is -2.27. The summed E-state index contributed by atoms with van der Waals surface area (Å²) < 4.78 is 0. The van der Waals surface area contributed by atoms with E-state index in [1.807, 2.05) is 56.3 Å². The van der Waals surface area contributed by atoms with E-state index < -0.39 is 0 Å². The van der Waals surface area contributed by atoms with Crippen molar-refractivity contribution in [2.45, 2.75) is 33.6 Å². The minimum atomic E-state index is -0.307. The predicted octanol–water partition coefficient (Wildman–Crippen LogP) is 4.25. The number of hydrogen-bond acceptors (Lipinski definition) is 3. The SMILES string of the molecule is Cc1ccc(C2=C(Nc3ccc(C(C)C)cc3)C(=O)N(C)C2=O)c(C)c1. The lowest BCUT2D eigenvalue weighted by atomic mass is 9.97. The van der Waals surface area contributed by atoms with E-state index in [1.54, 1.807) is 0 Å². The van der Waals surface area contributed by atoms with Crippen LogP contribution in [-0.2, 0) is 9.59 Å². The summed E-state index contributed by atoms with van der Waals surface area (Å²) in [5.41, 5.74) is 5.68. The van der Waals surface area contributed by atoms with Gasteiger partial charge in [0.1, 0.15) is 5.70 Å². The Kier molecular flexibility index (Phi) is 4.68. The van der Waals surface area contributed by atoms with E-state index in [4.69, 9.17) is 0 Å². The van der Waals surface area contributed by atoms with Gasteiger partial charge in [0.2, 0.25) is 0 Å². The van der Waals surface area contributed by atoms with Gasteiger partial charge in [-0.25, -0.2) is 0 Å². The van der Waals surface area contributed by atoms with Gasteiger partial charge < -0.3 is 5.32 Å². The smallest absolute Gasteiger partial charge is 0.277 e. The fourth-order valence-electron chi connectivity index (χ4n) is 3.20.